The van der Waals surface area contributed by atoms with E-state index in [0.29, 0.717) is 6.10 Å². The first kappa shape index (κ1) is 6.62. The van der Waals surface area contributed by atoms with Gasteiger partial charge in [0, 0.05) is 26.1 Å². The Hall–Kier alpha value is -0.0800. The predicted molar refractivity (Wildman–Crippen MR) is 39.9 cm³/mol. The van der Waals surface area contributed by atoms with E-state index in [1.807, 2.05) is 7.11 Å². The predicted octanol–water partition coefficient (Wildman–Crippen LogP) is 0.583. The highest BCUT2D eigenvalue weighted by atomic mass is 16.5. The van der Waals surface area contributed by atoms with Gasteiger partial charge in [0.1, 0.15) is 0 Å². The second kappa shape index (κ2) is 2.21. The molecule has 1 aliphatic carbocycles. The summed E-state index contributed by atoms with van der Waals surface area (Å²) in [6, 6.07) is 0. The molecular weight excluding hydrogens is 126 g/mol. The van der Waals surface area contributed by atoms with Gasteiger partial charge in [-0.05, 0) is 19.4 Å². The third kappa shape index (κ3) is 0.789. The maximum absolute atomic E-state index is 5.32. The Labute approximate surface area is 62.2 Å². The number of rotatable bonds is 1. The van der Waals surface area contributed by atoms with Crippen LogP contribution in [0.4, 0.5) is 0 Å². The average molecular weight is 141 g/mol. The molecule has 1 heterocycles. The minimum absolute atomic E-state index is 0.579. The van der Waals surface area contributed by atoms with E-state index in [9.17, 15) is 0 Å². The molecule has 10 heavy (non-hydrogen) atoms. The summed E-state index contributed by atoms with van der Waals surface area (Å²) < 4.78 is 5.32. The molecule has 1 saturated carbocycles. The number of methoxy groups -OCH3 is 1. The lowest BCUT2D eigenvalue weighted by Gasteiger charge is -2.38. The van der Waals surface area contributed by atoms with Gasteiger partial charge in [-0.25, -0.2) is 0 Å². The first-order chi connectivity index (χ1) is 4.81. The molecule has 3 atom stereocenters. The Morgan fingerprint density at radius 2 is 2.20 bits per heavy atom. The second-order valence-electron chi connectivity index (χ2n) is 3.66. The Bertz CT molecular complexity index is 133. The van der Waals surface area contributed by atoms with Crippen molar-refractivity contribution in [2.24, 2.45) is 11.8 Å². The molecule has 0 radical (unpaired) electrons. The van der Waals surface area contributed by atoms with Crippen LogP contribution in [0.25, 0.3) is 0 Å². The monoisotopic (exact) mass is 141 g/mol. The highest BCUT2D eigenvalue weighted by molar-refractivity contribution is 4.97. The van der Waals surface area contributed by atoms with Crippen LogP contribution < -0.4 is 0 Å². The second-order valence-corrected chi connectivity index (χ2v) is 3.66. The Morgan fingerprint density at radius 1 is 1.40 bits per heavy atom. The van der Waals surface area contributed by atoms with Gasteiger partial charge < -0.3 is 9.64 Å². The van der Waals surface area contributed by atoms with E-state index in [2.05, 4.69) is 11.9 Å². The van der Waals surface area contributed by atoms with Crippen LogP contribution in [0.5, 0.6) is 0 Å². The molecule has 2 rings (SSSR count). The zero-order valence-corrected chi connectivity index (χ0v) is 6.71. The van der Waals surface area contributed by atoms with Gasteiger partial charge in [0.05, 0.1) is 6.10 Å². The van der Waals surface area contributed by atoms with Crippen LogP contribution in [-0.2, 0) is 4.74 Å². The van der Waals surface area contributed by atoms with Gasteiger partial charge in [-0.2, -0.15) is 0 Å². The average Bonchev–Trinajstić information content (AvgIpc) is 2.15. The lowest BCUT2D eigenvalue weighted by atomic mass is 9.73. The van der Waals surface area contributed by atoms with E-state index in [1.165, 1.54) is 19.5 Å². The maximum atomic E-state index is 5.32. The fourth-order valence-corrected chi connectivity index (χ4v) is 2.34. The third-order valence-corrected chi connectivity index (χ3v) is 2.99. The number of ether oxygens (including phenoxy) is 1. The molecule has 0 aromatic carbocycles. The van der Waals surface area contributed by atoms with Gasteiger partial charge in [0.15, 0.2) is 0 Å². The topological polar surface area (TPSA) is 12.5 Å². The minimum Gasteiger partial charge on any atom is -0.381 e. The van der Waals surface area contributed by atoms with Gasteiger partial charge in [-0.1, -0.05) is 0 Å². The number of likely N-dealkylation sites (tertiary alicyclic amines) is 1. The summed E-state index contributed by atoms with van der Waals surface area (Å²) in [6.07, 6.45) is 1.88. The highest BCUT2D eigenvalue weighted by Gasteiger charge is 2.45. The zero-order chi connectivity index (χ0) is 7.14. The van der Waals surface area contributed by atoms with E-state index < -0.39 is 0 Å². The van der Waals surface area contributed by atoms with Crippen LogP contribution in [-0.4, -0.2) is 38.3 Å². The van der Waals surface area contributed by atoms with Crippen molar-refractivity contribution in [1.82, 2.24) is 4.90 Å². The number of nitrogens with zero attached hydrogens (tertiary/aromatic N) is 1. The minimum atomic E-state index is 0.579. The van der Waals surface area contributed by atoms with Crippen molar-refractivity contribution < 1.29 is 4.74 Å². The Morgan fingerprint density at radius 3 is 2.80 bits per heavy atom. The van der Waals surface area contributed by atoms with E-state index in [1.54, 1.807) is 0 Å². The first-order valence-electron chi connectivity index (χ1n) is 4.02. The Balaban J connectivity index is 1.93. The summed E-state index contributed by atoms with van der Waals surface area (Å²) in [5.74, 6) is 1.81. The first-order valence-corrected chi connectivity index (χ1v) is 4.02. The maximum Gasteiger partial charge on any atom is 0.0618 e. The SMILES string of the molecule is COC1C[C@H]2CN(C)C[C@@H]12. The van der Waals surface area contributed by atoms with Crippen LogP contribution in [0.3, 0.4) is 0 Å². The highest BCUT2D eigenvalue weighted by Crippen LogP contribution is 2.41. The molecule has 0 aromatic heterocycles. The molecular formula is C8H15NO. The van der Waals surface area contributed by atoms with E-state index >= 15 is 0 Å². The quantitative estimate of drug-likeness (QED) is 0.529. The van der Waals surface area contributed by atoms with Gasteiger partial charge in [0.25, 0.3) is 0 Å². The Kier molecular flexibility index (Phi) is 1.46. The molecule has 0 amide bonds. The van der Waals surface area contributed by atoms with E-state index in [-0.39, 0.29) is 0 Å². The molecule has 2 nitrogen and oxygen atoms in total. The fraction of sp³-hybridized carbons (Fsp3) is 1.00. The largest absolute Gasteiger partial charge is 0.381 e. The fourth-order valence-electron chi connectivity index (χ4n) is 2.34. The van der Waals surface area contributed by atoms with Crippen molar-refractivity contribution in [3.8, 4) is 0 Å². The summed E-state index contributed by atoms with van der Waals surface area (Å²) >= 11 is 0. The van der Waals surface area contributed by atoms with Crippen LogP contribution >= 0.6 is 0 Å². The third-order valence-electron chi connectivity index (χ3n) is 2.99. The van der Waals surface area contributed by atoms with Crippen molar-refractivity contribution in [1.29, 1.82) is 0 Å². The van der Waals surface area contributed by atoms with Crippen molar-refractivity contribution >= 4 is 0 Å². The number of hydrogen-bond acceptors (Lipinski definition) is 2. The van der Waals surface area contributed by atoms with E-state index in [4.69, 9.17) is 4.74 Å². The standard InChI is InChI=1S/C8H15NO/c1-9-4-6-3-8(10-2)7(6)5-9/h6-8H,3-5H2,1-2H3/t6-,7+,8?/m0/s1. The molecule has 0 aromatic rings. The summed E-state index contributed by atoms with van der Waals surface area (Å²) in [5.41, 5.74) is 0. The molecule has 1 aliphatic heterocycles. The number of hydrogen-bond donors (Lipinski definition) is 0. The van der Waals surface area contributed by atoms with Crippen molar-refractivity contribution in [3.63, 3.8) is 0 Å². The molecule has 0 N–H and O–H groups in total. The summed E-state index contributed by atoms with van der Waals surface area (Å²) in [5, 5.41) is 0. The van der Waals surface area contributed by atoms with Gasteiger partial charge in [-0.15, -0.1) is 0 Å². The van der Waals surface area contributed by atoms with Gasteiger partial charge in [0.2, 0.25) is 0 Å². The van der Waals surface area contributed by atoms with Gasteiger partial charge >= 0.3 is 0 Å². The van der Waals surface area contributed by atoms with Crippen LogP contribution in [0.15, 0.2) is 0 Å². The van der Waals surface area contributed by atoms with Gasteiger partial charge in [-0.3, -0.25) is 0 Å². The molecule has 1 saturated heterocycles. The molecule has 58 valence electrons. The number of fused-ring (bicyclic) bond motifs is 1. The van der Waals surface area contributed by atoms with Crippen LogP contribution in [0, 0.1) is 11.8 Å². The zero-order valence-electron chi connectivity index (χ0n) is 6.71. The van der Waals surface area contributed by atoms with Crippen LogP contribution in [0.2, 0.25) is 0 Å². The summed E-state index contributed by atoms with van der Waals surface area (Å²) in [7, 11) is 4.03. The molecule has 1 unspecified atom stereocenters. The lowest BCUT2D eigenvalue weighted by Crippen LogP contribution is -2.41. The lowest BCUT2D eigenvalue weighted by molar-refractivity contribution is -0.0392. The van der Waals surface area contributed by atoms with Crippen molar-refractivity contribution in [2.45, 2.75) is 12.5 Å². The molecule has 2 aliphatic rings. The molecule has 0 spiro atoms. The normalized spacial score (nSPS) is 46.8. The van der Waals surface area contributed by atoms with Crippen molar-refractivity contribution in [3.05, 3.63) is 0 Å². The van der Waals surface area contributed by atoms with Crippen molar-refractivity contribution in [2.75, 3.05) is 27.2 Å². The summed E-state index contributed by atoms with van der Waals surface area (Å²) in [4.78, 5) is 2.41. The summed E-state index contributed by atoms with van der Waals surface area (Å²) in [6.45, 7) is 2.55. The smallest absolute Gasteiger partial charge is 0.0618 e. The van der Waals surface area contributed by atoms with Crippen LogP contribution in [0.1, 0.15) is 6.42 Å². The molecule has 2 fully saturated rings. The molecule has 0 bridgehead atoms. The van der Waals surface area contributed by atoms with E-state index in [0.717, 1.165) is 11.8 Å². The molecule has 2 heteroatoms.